The minimum atomic E-state index is -0.383. The second kappa shape index (κ2) is 7.51. The highest BCUT2D eigenvalue weighted by atomic mass is 19.1. The summed E-state index contributed by atoms with van der Waals surface area (Å²) in [5.74, 6) is 0.105. The van der Waals surface area contributed by atoms with E-state index in [0.29, 0.717) is 22.8 Å². The molecule has 2 heterocycles. The largest absolute Gasteiger partial charge is 0.436 e. The van der Waals surface area contributed by atoms with Crippen LogP contribution in [0.5, 0.6) is 11.6 Å². The van der Waals surface area contributed by atoms with Gasteiger partial charge < -0.3 is 10.5 Å². The number of benzene rings is 2. The normalized spacial score (nSPS) is 10.7. The van der Waals surface area contributed by atoms with Crippen LogP contribution in [-0.2, 0) is 7.05 Å². The number of nitrogens with zero attached hydrogens (tertiary/aromatic N) is 4. The quantitative estimate of drug-likeness (QED) is 0.575. The number of aryl methyl sites for hydroxylation is 1. The maximum Gasteiger partial charge on any atom is 0.266 e. The van der Waals surface area contributed by atoms with E-state index >= 15 is 0 Å². The third kappa shape index (κ3) is 3.81. The second-order valence-electron chi connectivity index (χ2n) is 6.21. The van der Waals surface area contributed by atoms with Crippen LogP contribution in [0, 0.1) is 5.82 Å². The average molecular weight is 389 g/mol. The number of aromatic nitrogens is 4. The fraction of sp³-hybridized carbons (Fsp3) is 0.0476. The first-order valence-corrected chi connectivity index (χ1v) is 8.72. The molecular weight excluding hydrogens is 373 g/mol. The van der Waals surface area contributed by atoms with Gasteiger partial charge in [-0.25, -0.2) is 19.0 Å². The maximum absolute atomic E-state index is 13.2. The Morgan fingerprint density at radius 2 is 1.66 bits per heavy atom. The topological polar surface area (TPSA) is 95.9 Å². The van der Waals surface area contributed by atoms with E-state index < -0.39 is 0 Å². The lowest BCUT2D eigenvalue weighted by molar-refractivity contribution is 0.462. The first-order valence-electron chi connectivity index (χ1n) is 8.72. The zero-order valence-electron chi connectivity index (χ0n) is 15.4. The molecule has 8 heteroatoms. The number of nitrogens with two attached hydrogens (primary N) is 1. The van der Waals surface area contributed by atoms with Gasteiger partial charge in [0, 0.05) is 18.7 Å². The van der Waals surface area contributed by atoms with Crippen molar-refractivity contribution in [1.29, 1.82) is 0 Å². The van der Waals surface area contributed by atoms with Crippen molar-refractivity contribution in [3.05, 3.63) is 82.9 Å². The van der Waals surface area contributed by atoms with Gasteiger partial charge in [0.05, 0.1) is 0 Å². The Bertz CT molecular complexity index is 1220. The van der Waals surface area contributed by atoms with Crippen molar-refractivity contribution in [3.63, 3.8) is 0 Å². The molecule has 0 aliphatic carbocycles. The molecule has 7 nitrogen and oxygen atoms in total. The third-order valence-electron chi connectivity index (χ3n) is 4.17. The standard InChI is InChI=1S/C21H16FN5O2/c1-27-17(28)12-11-16(26-27)19-18(13-5-3-2-4-6-13)24-20(23)21(25-19)29-15-9-7-14(22)8-10-15/h2-12H,1H3,(H2,23,24). The monoisotopic (exact) mass is 389 g/mol. The summed E-state index contributed by atoms with van der Waals surface area (Å²) in [7, 11) is 1.55. The van der Waals surface area contributed by atoms with Crippen LogP contribution < -0.4 is 16.0 Å². The molecule has 0 atom stereocenters. The smallest absolute Gasteiger partial charge is 0.266 e. The molecule has 0 saturated carbocycles. The highest BCUT2D eigenvalue weighted by molar-refractivity contribution is 5.77. The first kappa shape index (κ1) is 18.3. The van der Waals surface area contributed by atoms with Gasteiger partial charge in [-0.15, -0.1) is 0 Å². The molecular formula is C21H16FN5O2. The molecule has 2 aromatic carbocycles. The van der Waals surface area contributed by atoms with Crippen molar-refractivity contribution in [2.45, 2.75) is 0 Å². The van der Waals surface area contributed by atoms with Gasteiger partial charge in [0.1, 0.15) is 28.6 Å². The Morgan fingerprint density at radius 3 is 2.34 bits per heavy atom. The summed E-state index contributed by atoms with van der Waals surface area (Å²) in [6.45, 7) is 0. The molecule has 2 aromatic heterocycles. The minimum Gasteiger partial charge on any atom is -0.436 e. The van der Waals surface area contributed by atoms with Gasteiger partial charge in [0.25, 0.3) is 11.4 Å². The Balaban J connectivity index is 1.87. The molecule has 2 N–H and O–H groups in total. The van der Waals surface area contributed by atoms with Gasteiger partial charge in [-0.2, -0.15) is 5.10 Å². The number of anilines is 1. The molecule has 0 bridgehead atoms. The molecule has 0 spiro atoms. The molecule has 0 aliphatic rings. The van der Waals surface area contributed by atoms with Gasteiger partial charge >= 0.3 is 0 Å². The molecule has 4 aromatic rings. The molecule has 29 heavy (non-hydrogen) atoms. The maximum atomic E-state index is 13.2. The van der Waals surface area contributed by atoms with Crippen LogP contribution in [0.1, 0.15) is 0 Å². The van der Waals surface area contributed by atoms with Crippen molar-refractivity contribution in [1.82, 2.24) is 19.7 Å². The van der Waals surface area contributed by atoms with Crippen LogP contribution in [0.2, 0.25) is 0 Å². The van der Waals surface area contributed by atoms with Crippen molar-refractivity contribution in [2.75, 3.05) is 5.73 Å². The van der Waals surface area contributed by atoms with Gasteiger partial charge in [-0.1, -0.05) is 30.3 Å². The van der Waals surface area contributed by atoms with Gasteiger partial charge in [0.2, 0.25) is 0 Å². The summed E-state index contributed by atoms with van der Waals surface area (Å²) in [6, 6.07) is 17.8. The Morgan fingerprint density at radius 1 is 0.931 bits per heavy atom. The van der Waals surface area contributed by atoms with Crippen LogP contribution in [0.4, 0.5) is 10.2 Å². The number of ether oxygens (including phenoxy) is 1. The Hall–Kier alpha value is -4.07. The fourth-order valence-corrected chi connectivity index (χ4v) is 2.73. The van der Waals surface area contributed by atoms with Crippen molar-refractivity contribution in [2.24, 2.45) is 7.05 Å². The van der Waals surface area contributed by atoms with E-state index in [9.17, 15) is 9.18 Å². The van der Waals surface area contributed by atoms with Crippen LogP contribution in [-0.4, -0.2) is 19.7 Å². The summed E-state index contributed by atoms with van der Waals surface area (Å²) < 4.78 is 20.1. The number of hydrogen-bond donors (Lipinski definition) is 1. The minimum absolute atomic E-state index is 0.0574. The van der Waals surface area contributed by atoms with E-state index in [2.05, 4.69) is 15.1 Å². The highest BCUT2D eigenvalue weighted by Crippen LogP contribution is 2.33. The van der Waals surface area contributed by atoms with Crippen LogP contribution in [0.3, 0.4) is 0 Å². The molecule has 144 valence electrons. The molecule has 4 rings (SSSR count). The van der Waals surface area contributed by atoms with E-state index in [-0.39, 0.29) is 23.1 Å². The molecule has 0 radical (unpaired) electrons. The van der Waals surface area contributed by atoms with E-state index in [0.717, 1.165) is 5.56 Å². The Kier molecular flexibility index (Phi) is 4.74. The van der Waals surface area contributed by atoms with E-state index in [4.69, 9.17) is 10.5 Å². The van der Waals surface area contributed by atoms with E-state index in [1.54, 1.807) is 13.1 Å². The lowest BCUT2D eigenvalue weighted by Crippen LogP contribution is -2.18. The molecule has 0 saturated heterocycles. The fourth-order valence-electron chi connectivity index (χ4n) is 2.73. The zero-order chi connectivity index (χ0) is 20.4. The molecule has 0 unspecified atom stereocenters. The van der Waals surface area contributed by atoms with Gasteiger partial charge in [-0.05, 0) is 30.3 Å². The first-order chi connectivity index (χ1) is 14.0. The third-order valence-corrected chi connectivity index (χ3v) is 4.17. The van der Waals surface area contributed by atoms with Crippen molar-refractivity contribution >= 4 is 5.82 Å². The average Bonchev–Trinajstić information content (AvgIpc) is 2.73. The van der Waals surface area contributed by atoms with Crippen LogP contribution >= 0.6 is 0 Å². The highest BCUT2D eigenvalue weighted by Gasteiger charge is 2.18. The summed E-state index contributed by atoms with van der Waals surface area (Å²) in [4.78, 5) is 20.7. The zero-order valence-corrected chi connectivity index (χ0v) is 15.4. The van der Waals surface area contributed by atoms with E-state index in [1.807, 2.05) is 30.3 Å². The van der Waals surface area contributed by atoms with Gasteiger partial charge in [0.15, 0.2) is 5.82 Å². The molecule has 0 aliphatic heterocycles. The predicted molar refractivity (Wildman–Crippen MR) is 107 cm³/mol. The lowest BCUT2D eigenvalue weighted by atomic mass is 10.1. The number of hydrogen-bond acceptors (Lipinski definition) is 6. The van der Waals surface area contributed by atoms with Crippen molar-refractivity contribution < 1.29 is 9.13 Å². The number of halogens is 1. The Labute approximate surface area is 165 Å². The lowest BCUT2D eigenvalue weighted by Gasteiger charge is -2.13. The van der Waals surface area contributed by atoms with Crippen LogP contribution in [0.25, 0.3) is 22.6 Å². The van der Waals surface area contributed by atoms with E-state index in [1.165, 1.54) is 35.0 Å². The predicted octanol–water partition coefficient (Wildman–Crippen LogP) is 3.42. The molecule has 0 fully saturated rings. The summed E-state index contributed by atoms with van der Waals surface area (Å²) in [5, 5.41) is 4.27. The number of nitrogen functional groups attached to an aromatic ring is 1. The number of rotatable bonds is 4. The second-order valence-corrected chi connectivity index (χ2v) is 6.21. The molecule has 0 amide bonds. The van der Waals surface area contributed by atoms with Crippen molar-refractivity contribution in [3.8, 4) is 34.3 Å². The summed E-state index contributed by atoms with van der Waals surface area (Å²) in [6.07, 6.45) is 0. The summed E-state index contributed by atoms with van der Waals surface area (Å²) in [5.41, 5.74) is 7.96. The SMILES string of the molecule is Cn1nc(-c2nc(Oc3ccc(F)cc3)c(N)nc2-c2ccccc2)ccc1=O. The van der Waals surface area contributed by atoms with Gasteiger partial charge in [-0.3, -0.25) is 4.79 Å². The summed E-state index contributed by atoms with van der Waals surface area (Å²) >= 11 is 0. The van der Waals surface area contributed by atoms with Crippen LogP contribution in [0.15, 0.2) is 71.5 Å².